The molecule has 0 aliphatic carbocycles. The van der Waals surface area contributed by atoms with Crippen LogP contribution in [0.2, 0.25) is 0 Å². The van der Waals surface area contributed by atoms with E-state index >= 15 is 0 Å². The topological polar surface area (TPSA) is 26.0 Å². The van der Waals surface area contributed by atoms with Gasteiger partial charge in [-0.25, -0.2) is 0 Å². The molecule has 3 unspecified atom stereocenters. The Balaban J connectivity index is 1.97. The van der Waals surface area contributed by atoms with Crippen LogP contribution in [-0.4, -0.2) is 0 Å². The molecule has 3 atom stereocenters. The lowest BCUT2D eigenvalue weighted by atomic mass is 13.9. The lowest BCUT2D eigenvalue weighted by Crippen LogP contribution is -1.54. The fourth-order valence-corrected chi connectivity index (χ4v) is 0. The molecule has 0 heterocycles. The average molecular weight is 113 g/mol. The van der Waals surface area contributed by atoms with Gasteiger partial charge in [-0.1, -0.05) is 7.96 Å². The van der Waals surface area contributed by atoms with Crippen LogP contribution < -0.4 is 5.50 Å². The van der Waals surface area contributed by atoms with E-state index in [1.807, 2.05) is 0 Å². The Morgan fingerprint density at radius 2 is 2.00 bits per heavy atom. The molecule has 0 aromatic carbocycles. The maximum absolute atomic E-state index is 5.05. The third-order valence-corrected chi connectivity index (χ3v) is 2.25. The van der Waals surface area contributed by atoms with Gasteiger partial charge in [-0.15, -0.1) is 8.93 Å². The van der Waals surface area contributed by atoms with Gasteiger partial charge in [0.1, 0.15) is 0 Å². The van der Waals surface area contributed by atoms with Crippen molar-refractivity contribution in [1.82, 2.24) is 0 Å². The maximum atomic E-state index is 5.05. The fourth-order valence-electron chi connectivity index (χ4n) is 0. The highest BCUT2D eigenvalue weighted by molar-refractivity contribution is 8.38. The average Bonchev–Trinajstić information content (AvgIpc) is 1.37. The summed E-state index contributed by atoms with van der Waals surface area (Å²) in [5, 5.41) is 0. The highest BCUT2D eigenvalue weighted by Crippen LogP contribution is 2.36. The van der Waals surface area contributed by atoms with Crippen LogP contribution in [0.15, 0.2) is 0 Å². The first-order valence-corrected chi connectivity index (χ1v) is 5.71. The Bertz CT molecular complexity index is 5.25. The molecule has 0 amide bonds. The molecule has 0 rings (SSSR count). The van der Waals surface area contributed by atoms with Crippen molar-refractivity contribution in [2.45, 2.75) is 0 Å². The SMILES string of the molecule is NPPP. The van der Waals surface area contributed by atoms with Crippen molar-refractivity contribution in [3.8, 4) is 0 Å². The second kappa shape index (κ2) is 4.25. The Labute approximate surface area is 31.7 Å². The van der Waals surface area contributed by atoms with E-state index in [0.29, 0.717) is 8.42 Å². The van der Waals surface area contributed by atoms with E-state index in [9.17, 15) is 0 Å². The van der Waals surface area contributed by atoms with Crippen molar-refractivity contribution in [3.05, 3.63) is 0 Å². The number of nitrogens with two attached hydrogens (primary N) is 1. The van der Waals surface area contributed by atoms with Crippen LogP contribution in [0.5, 0.6) is 0 Å². The third-order valence-electron chi connectivity index (χ3n) is 0.0833. The van der Waals surface area contributed by atoms with Crippen molar-refractivity contribution >= 4 is 25.3 Å². The standard InChI is InChI=1S/H6NP3/c1-3-4-2/h3-4H,1-2H2. The maximum Gasteiger partial charge on any atom is -0.0303 e. The summed E-state index contributed by atoms with van der Waals surface area (Å²) in [6.45, 7) is 0. The van der Waals surface area contributed by atoms with Gasteiger partial charge in [0, 0.05) is 0 Å². The van der Waals surface area contributed by atoms with E-state index in [1.54, 1.807) is 0 Å². The second-order valence-corrected chi connectivity index (χ2v) is 5.20. The summed E-state index contributed by atoms with van der Waals surface area (Å²) >= 11 is 0. The molecule has 0 radical (unpaired) electrons. The summed E-state index contributed by atoms with van der Waals surface area (Å²) in [6, 6.07) is 0. The van der Waals surface area contributed by atoms with Gasteiger partial charge >= 0.3 is 0 Å². The minimum atomic E-state index is 0.631. The van der Waals surface area contributed by atoms with Crippen molar-refractivity contribution in [1.29, 1.82) is 0 Å². The Hall–Kier alpha value is 1.25. The van der Waals surface area contributed by atoms with Gasteiger partial charge in [0.15, 0.2) is 0 Å². The molecule has 0 bridgehead atoms. The van der Waals surface area contributed by atoms with Gasteiger partial charge in [-0.05, 0) is 8.42 Å². The first kappa shape index (κ1) is 5.25. The van der Waals surface area contributed by atoms with Crippen LogP contribution in [-0.2, 0) is 0 Å². The molecule has 0 aromatic heterocycles. The van der Waals surface area contributed by atoms with Gasteiger partial charge < -0.3 is 5.50 Å². The molecule has 1 nitrogen and oxygen atoms in total. The molecule has 4 heteroatoms. The third kappa shape index (κ3) is 3.25. The number of hydrogen-bond acceptors (Lipinski definition) is 1. The summed E-state index contributed by atoms with van der Waals surface area (Å²) in [5.74, 6) is 0. The molecular weight excluding hydrogens is 107 g/mol. The van der Waals surface area contributed by atoms with E-state index < -0.39 is 0 Å². The zero-order valence-corrected chi connectivity index (χ0v) is 5.31. The summed E-state index contributed by atoms with van der Waals surface area (Å²) in [5.41, 5.74) is 5.05. The Kier molecular flexibility index (Phi) is 5.58. The molecule has 0 aliphatic rings. The molecule has 0 saturated carbocycles. The fraction of sp³-hybridized carbons (Fsp3) is 0. The smallest absolute Gasteiger partial charge is 0.0303 e. The lowest BCUT2D eigenvalue weighted by Gasteiger charge is -1.71. The second-order valence-electron chi connectivity index (χ2n) is 0.289. The normalized spacial score (nSPS) is 13.5. The Morgan fingerprint density at radius 3 is 2.00 bits per heavy atom. The van der Waals surface area contributed by atoms with Gasteiger partial charge in [0.2, 0.25) is 0 Å². The molecular formula is H6NP3. The van der Waals surface area contributed by atoms with Crippen molar-refractivity contribution in [2.24, 2.45) is 5.50 Å². The molecule has 4 heavy (non-hydrogen) atoms. The summed E-state index contributed by atoms with van der Waals surface area (Å²) < 4.78 is 0. The summed E-state index contributed by atoms with van der Waals surface area (Å²) in [7, 11) is 4.06. The zero-order valence-electron chi connectivity index (χ0n) is 2.15. The van der Waals surface area contributed by atoms with Crippen molar-refractivity contribution in [2.75, 3.05) is 0 Å². The zero-order chi connectivity index (χ0) is 3.41. The summed E-state index contributed by atoms with van der Waals surface area (Å²) in [6.07, 6.45) is 0. The number of rotatable bonds is 1. The van der Waals surface area contributed by atoms with E-state index in [-0.39, 0.29) is 0 Å². The monoisotopic (exact) mass is 113 g/mol. The predicted molar refractivity (Wildman–Crippen MR) is 30.5 cm³/mol. The molecule has 26 valence electrons. The largest absolute Gasteiger partial charge is 0.309 e. The van der Waals surface area contributed by atoms with Crippen LogP contribution in [0.4, 0.5) is 0 Å². The molecule has 0 aromatic rings. The number of hydrogen-bond donors (Lipinski definition) is 1. The van der Waals surface area contributed by atoms with Crippen LogP contribution in [0.25, 0.3) is 0 Å². The summed E-state index contributed by atoms with van der Waals surface area (Å²) in [4.78, 5) is 0. The molecule has 0 saturated heterocycles. The highest BCUT2D eigenvalue weighted by atomic mass is 32.4. The van der Waals surface area contributed by atoms with Crippen LogP contribution in [0.1, 0.15) is 0 Å². The van der Waals surface area contributed by atoms with Crippen molar-refractivity contribution in [3.63, 3.8) is 0 Å². The van der Waals surface area contributed by atoms with E-state index in [0.717, 1.165) is 7.96 Å². The lowest BCUT2D eigenvalue weighted by molar-refractivity contribution is 2.05. The highest BCUT2D eigenvalue weighted by Gasteiger charge is 1.53. The van der Waals surface area contributed by atoms with Crippen LogP contribution in [0, 0.1) is 0 Å². The molecule has 0 spiro atoms. The minimum Gasteiger partial charge on any atom is -0.309 e. The minimum absolute atomic E-state index is 0.631. The first-order valence-electron chi connectivity index (χ1n) is 0.827. The quantitative estimate of drug-likeness (QED) is 0.502. The molecule has 0 aliphatic heterocycles. The van der Waals surface area contributed by atoms with E-state index in [2.05, 4.69) is 8.93 Å². The Morgan fingerprint density at radius 1 is 1.75 bits per heavy atom. The van der Waals surface area contributed by atoms with E-state index in [1.165, 1.54) is 0 Å². The van der Waals surface area contributed by atoms with Crippen LogP contribution in [0.3, 0.4) is 0 Å². The van der Waals surface area contributed by atoms with Gasteiger partial charge in [0.05, 0.1) is 0 Å². The van der Waals surface area contributed by atoms with Crippen LogP contribution >= 0.6 is 25.3 Å². The first-order chi connectivity index (χ1) is 1.91. The van der Waals surface area contributed by atoms with Gasteiger partial charge in [-0.3, -0.25) is 0 Å². The molecule has 0 fully saturated rings. The van der Waals surface area contributed by atoms with Gasteiger partial charge in [0.25, 0.3) is 0 Å². The van der Waals surface area contributed by atoms with Crippen molar-refractivity contribution < 1.29 is 0 Å². The predicted octanol–water partition coefficient (Wildman–Crippen LogP) is 0.922. The molecule has 2 N–H and O–H groups in total. The van der Waals surface area contributed by atoms with E-state index in [4.69, 9.17) is 5.50 Å². The van der Waals surface area contributed by atoms with Gasteiger partial charge in [-0.2, -0.15) is 0 Å².